The molecule has 0 unspecified atom stereocenters. The number of hydrogen-bond acceptors (Lipinski definition) is 7. The Labute approximate surface area is 108 Å². The summed E-state index contributed by atoms with van der Waals surface area (Å²) in [5.41, 5.74) is 0. The van der Waals surface area contributed by atoms with Gasteiger partial charge >= 0.3 is 34.7 Å². The van der Waals surface area contributed by atoms with Crippen LogP contribution in [0.1, 0.15) is 0 Å². The molecule has 8 N–H and O–H groups in total. The van der Waals surface area contributed by atoms with Crippen LogP contribution in [0.5, 0.6) is 0 Å². The fourth-order valence-corrected chi connectivity index (χ4v) is 1.38. The first kappa shape index (κ1) is 44.4. The SMILES string of the molecule is O.O.O.O.[Al+3].[Al+3].[O-][Si]([O-])([O-])O[Si]([O-])([O-])[O-]. The van der Waals surface area contributed by atoms with Crippen LogP contribution in [0, 0.1) is 0 Å². The Morgan fingerprint density at radius 3 is 0.667 bits per heavy atom. The topological polar surface area (TPSA) is 274 Å². The van der Waals surface area contributed by atoms with Gasteiger partial charge in [0.05, 0.1) is 0 Å². The molecule has 0 aliphatic heterocycles. The molecule has 0 radical (unpaired) electrons. The van der Waals surface area contributed by atoms with Gasteiger partial charge in [0.15, 0.2) is 0 Å². The molecule has 0 rings (SSSR count). The predicted octanol–water partition coefficient (Wildman–Crippen LogP) is -12.0. The van der Waals surface area contributed by atoms with Crippen molar-refractivity contribution in [1.29, 1.82) is 0 Å². The second-order valence-corrected chi connectivity index (χ2v) is 3.92. The number of hydrogen-bond donors (Lipinski definition) is 0. The van der Waals surface area contributed by atoms with E-state index in [2.05, 4.69) is 4.12 Å². The zero-order chi connectivity index (χ0) is 7.71. The van der Waals surface area contributed by atoms with Gasteiger partial charge in [0.1, 0.15) is 0 Å². The van der Waals surface area contributed by atoms with Crippen LogP contribution in [0.3, 0.4) is 0 Å². The van der Waals surface area contributed by atoms with E-state index >= 15 is 0 Å². The molecule has 0 aromatic rings. The molecule has 0 saturated carbocycles. The molecule has 0 amide bonds. The summed E-state index contributed by atoms with van der Waals surface area (Å²) in [5.74, 6) is 0. The van der Waals surface area contributed by atoms with E-state index in [-0.39, 0.29) is 56.6 Å². The second kappa shape index (κ2) is 15.1. The van der Waals surface area contributed by atoms with E-state index in [1.165, 1.54) is 0 Å². The van der Waals surface area contributed by atoms with Gasteiger partial charge < -0.3 is 54.8 Å². The van der Waals surface area contributed by atoms with Crippen LogP contribution in [0.15, 0.2) is 0 Å². The molecule has 15 heavy (non-hydrogen) atoms. The van der Waals surface area contributed by atoms with Crippen LogP contribution in [0.2, 0.25) is 0 Å². The molecular weight excluding hydrogens is 286 g/mol. The molecular formula is H8Al2O11Si2. The molecule has 0 aromatic carbocycles. The summed E-state index contributed by atoms with van der Waals surface area (Å²) in [6, 6.07) is 0. The van der Waals surface area contributed by atoms with Crippen LogP contribution in [0.4, 0.5) is 0 Å². The Morgan fingerprint density at radius 2 is 0.667 bits per heavy atom. The second-order valence-electron chi connectivity index (χ2n) is 1.10. The average molecular weight is 294 g/mol. The van der Waals surface area contributed by atoms with Crippen LogP contribution in [-0.2, 0) is 4.12 Å². The van der Waals surface area contributed by atoms with E-state index in [4.69, 9.17) is 0 Å². The third-order valence-corrected chi connectivity index (χ3v) is 2.25. The van der Waals surface area contributed by atoms with Crippen molar-refractivity contribution in [3.8, 4) is 0 Å². The fraction of sp³-hybridized carbons (Fsp3) is 0. The molecule has 0 aliphatic rings. The molecule has 0 saturated heterocycles. The Balaban J connectivity index is -0.0000000213. The van der Waals surface area contributed by atoms with E-state index < -0.39 is 18.1 Å². The van der Waals surface area contributed by atoms with E-state index in [0.29, 0.717) is 0 Å². The summed E-state index contributed by atoms with van der Waals surface area (Å²) in [4.78, 5) is 56.2. The molecule has 0 atom stereocenters. The van der Waals surface area contributed by atoms with Crippen molar-refractivity contribution in [3.05, 3.63) is 0 Å². The zero-order valence-electron chi connectivity index (χ0n) is 7.01. The predicted molar refractivity (Wildman–Crippen MR) is 38.6 cm³/mol. The standard InChI is InChI=1S/2Al.O7Si2.4H2O/c;;1-8(2,3)7-9(4,5)6;;;;/h;;;4*1H2/q2*+3;-6;;;;. The summed E-state index contributed by atoms with van der Waals surface area (Å²) < 4.78 is 2.57. The summed E-state index contributed by atoms with van der Waals surface area (Å²) >= 11 is 0. The van der Waals surface area contributed by atoms with Gasteiger partial charge in [-0.25, -0.2) is 0 Å². The van der Waals surface area contributed by atoms with Crippen LogP contribution in [-0.4, -0.2) is 74.7 Å². The maximum atomic E-state index is 9.36. The van der Waals surface area contributed by atoms with Crippen molar-refractivity contribution in [3.63, 3.8) is 0 Å². The maximum absolute atomic E-state index is 9.36. The van der Waals surface area contributed by atoms with Crippen molar-refractivity contribution in [2.75, 3.05) is 0 Å². The van der Waals surface area contributed by atoms with E-state index in [9.17, 15) is 28.8 Å². The molecule has 88 valence electrons. The summed E-state index contributed by atoms with van der Waals surface area (Å²) in [5, 5.41) is 0. The van der Waals surface area contributed by atoms with Crippen molar-refractivity contribution in [2.24, 2.45) is 0 Å². The Morgan fingerprint density at radius 1 is 0.533 bits per heavy atom. The minimum atomic E-state index is -5.92. The molecule has 0 aliphatic carbocycles. The Bertz CT molecular complexity index is 81.7. The van der Waals surface area contributed by atoms with Gasteiger partial charge in [-0.15, -0.1) is 18.1 Å². The van der Waals surface area contributed by atoms with Crippen molar-refractivity contribution in [1.82, 2.24) is 0 Å². The van der Waals surface area contributed by atoms with Gasteiger partial charge in [-0.3, -0.25) is 0 Å². The molecule has 0 aromatic heterocycles. The van der Waals surface area contributed by atoms with Crippen molar-refractivity contribution < 1.29 is 54.8 Å². The van der Waals surface area contributed by atoms with Gasteiger partial charge in [-0.2, -0.15) is 0 Å². The Hall–Kier alpha value is 1.06. The van der Waals surface area contributed by atoms with Gasteiger partial charge in [0.25, 0.3) is 0 Å². The van der Waals surface area contributed by atoms with E-state index in [1.54, 1.807) is 0 Å². The van der Waals surface area contributed by atoms with Crippen molar-refractivity contribution >= 4 is 52.8 Å². The van der Waals surface area contributed by atoms with Gasteiger partial charge in [0, 0.05) is 0 Å². The fourth-order valence-electron chi connectivity index (χ4n) is 0.153. The van der Waals surface area contributed by atoms with E-state index in [0.717, 1.165) is 0 Å². The molecule has 0 spiro atoms. The minimum absolute atomic E-state index is 0. The van der Waals surface area contributed by atoms with Gasteiger partial charge in [-0.1, -0.05) is 0 Å². The van der Waals surface area contributed by atoms with E-state index in [1.807, 2.05) is 0 Å². The first-order chi connectivity index (χ1) is 3.71. The van der Waals surface area contributed by atoms with Crippen LogP contribution in [0.25, 0.3) is 0 Å². The summed E-state index contributed by atoms with van der Waals surface area (Å²) in [6.45, 7) is 0. The normalized spacial score (nSPS) is 8.40. The summed E-state index contributed by atoms with van der Waals surface area (Å²) in [6.07, 6.45) is 0. The van der Waals surface area contributed by atoms with Gasteiger partial charge in [0.2, 0.25) is 0 Å². The largest absolute Gasteiger partial charge is 3.00 e. The monoisotopic (exact) mass is 294 g/mol. The number of rotatable bonds is 2. The van der Waals surface area contributed by atoms with Crippen molar-refractivity contribution in [2.45, 2.75) is 0 Å². The molecule has 0 bridgehead atoms. The average Bonchev–Trinajstić information content (AvgIpc) is 1.14. The van der Waals surface area contributed by atoms with Crippen LogP contribution < -0.4 is 28.8 Å². The maximum Gasteiger partial charge on any atom is 3.00 e. The minimum Gasteiger partial charge on any atom is -0.862 e. The smallest absolute Gasteiger partial charge is 0.862 e. The molecule has 15 heteroatoms. The molecule has 0 fully saturated rings. The molecule has 11 nitrogen and oxygen atoms in total. The first-order valence-corrected chi connectivity index (χ1v) is 4.90. The molecule has 0 heterocycles. The third-order valence-electron chi connectivity index (χ3n) is 0.250. The quantitative estimate of drug-likeness (QED) is 0.442. The Kier molecular flexibility index (Phi) is 44.6. The van der Waals surface area contributed by atoms with Gasteiger partial charge in [-0.05, 0) is 0 Å². The first-order valence-electron chi connectivity index (χ1n) is 1.63. The zero-order valence-corrected chi connectivity index (χ0v) is 11.3. The summed E-state index contributed by atoms with van der Waals surface area (Å²) in [7, 11) is -11.8. The van der Waals surface area contributed by atoms with Crippen LogP contribution >= 0.6 is 0 Å². The third kappa shape index (κ3) is 51.5.